The minimum absolute atomic E-state index is 0.162. The molecule has 0 aromatic heterocycles. The summed E-state index contributed by atoms with van der Waals surface area (Å²) >= 11 is 3.39. The summed E-state index contributed by atoms with van der Waals surface area (Å²) in [5.74, 6) is 0.169. The van der Waals surface area contributed by atoms with Crippen molar-refractivity contribution in [2.45, 2.75) is 19.4 Å². The highest BCUT2D eigenvalue weighted by Crippen LogP contribution is 2.34. The molecule has 0 fully saturated rings. The Morgan fingerprint density at radius 3 is 2.80 bits per heavy atom. The minimum atomic E-state index is -0.724. The number of hydrogen-bond acceptors (Lipinski definition) is 3. The zero-order valence-electron chi connectivity index (χ0n) is 13.9. The van der Waals surface area contributed by atoms with Crippen LogP contribution in [0.15, 0.2) is 53.0 Å². The molecule has 0 spiro atoms. The van der Waals surface area contributed by atoms with Gasteiger partial charge in [0, 0.05) is 16.6 Å². The van der Waals surface area contributed by atoms with Crippen LogP contribution in [0.3, 0.4) is 0 Å². The van der Waals surface area contributed by atoms with Gasteiger partial charge in [0.05, 0.1) is 12.2 Å². The molecule has 6 heteroatoms. The standard InChI is InChI=1S/C19H19BrN2O3/c1-2-10-21-18(23)17-12-22(15-8-3-4-9-16(15)25-17)19(24)13-6-5-7-14(20)11-13/h3-9,11,17H,2,10,12H2,1H3,(H,21,23)/t17-/m1/s1. The number of amides is 2. The number of para-hydroxylation sites is 2. The Hall–Kier alpha value is -2.34. The third-order valence-corrected chi connectivity index (χ3v) is 4.43. The molecule has 3 rings (SSSR count). The number of fused-ring (bicyclic) bond motifs is 1. The van der Waals surface area contributed by atoms with Gasteiger partial charge in [-0.25, -0.2) is 0 Å². The van der Waals surface area contributed by atoms with Gasteiger partial charge in [0.25, 0.3) is 11.8 Å². The zero-order valence-corrected chi connectivity index (χ0v) is 15.5. The molecule has 2 aromatic carbocycles. The summed E-state index contributed by atoms with van der Waals surface area (Å²) < 4.78 is 6.65. The van der Waals surface area contributed by atoms with Gasteiger partial charge in [-0.15, -0.1) is 0 Å². The van der Waals surface area contributed by atoms with Crippen LogP contribution in [0, 0.1) is 0 Å². The van der Waals surface area contributed by atoms with E-state index >= 15 is 0 Å². The van der Waals surface area contributed by atoms with Crippen molar-refractivity contribution in [1.29, 1.82) is 0 Å². The quantitative estimate of drug-likeness (QED) is 0.852. The van der Waals surface area contributed by atoms with Crippen molar-refractivity contribution >= 4 is 33.4 Å². The molecule has 1 atom stereocenters. The van der Waals surface area contributed by atoms with Gasteiger partial charge in [-0.3, -0.25) is 9.59 Å². The molecule has 1 aliphatic rings. The number of hydrogen-bond donors (Lipinski definition) is 1. The molecule has 1 N–H and O–H groups in total. The van der Waals surface area contributed by atoms with Crippen LogP contribution in [0.25, 0.3) is 0 Å². The number of benzene rings is 2. The topological polar surface area (TPSA) is 58.6 Å². The number of anilines is 1. The van der Waals surface area contributed by atoms with Crippen LogP contribution in [-0.4, -0.2) is 31.0 Å². The Morgan fingerprint density at radius 1 is 1.24 bits per heavy atom. The van der Waals surface area contributed by atoms with E-state index in [1.807, 2.05) is 37.3 Å². The number of nitrogens with zero attached hydrogens (tertiary/aromatic N) is 1. The highest BCUT2D eigenvalue weighted by molar-refractivity contribution is 9.10. The molecule has 2 amide bonds. The number of carbonyl (C=O) groups excluding carboxylic acids is 2. The van der Waals surface area contributed by atoms with Gasteiger partial charge in [0.2, 0.25) is 0 Å². The minimum Gasteiger partial charge on any atom is -0.477 e. The summed E-state index contributed by atoms with van der Waals surface area (Å²) in [5, 5.41) is 2.83. The van der Waals surface area contributed by atoms with Crippen molar-refractivity contribution < 1.29 is 14.3 Å². The fourth-order valence-electron chi connectivity index (χ4n) is 2.70. The molecule has 25 heavy (non-hydrogen) atoms. The van der Waals surface area contributed by atoms with Crippen LogP contribution in [0.5, 0.6) is 5.75 Å². The average molecular weight is 403 g/mol. The highest BCUT2D eigenvalue weighted by Gasteiger charge is 2.34. The van der Waals surface area contributed by atoms with Crippen LogP contribution < -0.4 is 15.0 Å². The molecule has 5 nitrogen and oxygen atoms in total. The Kier molecular flexibility index (Phi) is 5.38. The third-order valence-electron chi connectivity index (χ3n) is 3.93. The maximum absolute atomic E-state index is 13.0. The van der Waals surface area contributed by atoms with Gasteiger partial charge in [-0.1, -0.05) is 41.1 Å². The van der Waals surface area contributed by atoms with Gasteiger partial charge in [0.1, 0.15) is 5.75 Å². The lowest BCUT2D eigenvalue weighted by Gasteiger charge is -2.34. The summed E-state index contributed by atoms with van der Waals surface area (Å²) in [6.45, 7) is 2.75. The van der Waals surface area contributed by atoms with E-state index in [-0.39, 0.29) is 18.4 Å². The zero-order chi connectivity index (χ0) is 17.8. The van der Waals surface area contributed by atoms with Crippen LogP contribution >= 0.6 is 15.9 Å². The number of halogens is 1. The predicted octanol–water partition coefficient (Wildman–Crippen LogP) is 3.38. The lowest BCUT2D eigenvalue weighted by atomic mass is 10.1. The SMILES string of the molecule is CCCNC(=O)[C@H]1CN(C(=O)c2cccc(Br)c2)c2ccccc2O1. The van der Waals surface area contributed by atoms with Crippen molar-refractivity contribution in [3.8, 4) is 5.75 Å². The van der Waals surface area contributed by atoms with Crippen molar-refractivity contribution in [3.63, 3.8) is 0 Å². The van der Waals surface area contributed by atoms with Gasteiger partial charge < -0.3 is 15.0 Å². The molecule has 1 aliphatic heterocycles. The molecule has 2 aromatic rings. The first-order chi connectivity index (χ1) is 12.1. The van der Waals surface area contributed by atoms with Gasteiger partial charge in [0.15, 0.2) is 6.10 Å². The Bertz CT molecular complexity index is 794. The summed E-state index contributed by atoms with van der Waals surface area (Å²) in [4.78, 5) is 27.0. The molecule has 0 unspecified atom stereocenters. The van der Waals surface area contributed by atoms with E-state index in [4.69, 9.17) is 4.74 Å². The summed E-state index contributed by atoms with van der Waals surface area (Å²) in [5.41, 5.74) is 1.23. The molecular formula is C19H19BrN2O3. The largest absolute Gasteiger partial charge is 0.477 e. The third kappa shape index (κ3) is 3.85. The number of nitrogens with one attached hydrogen (secondary N) is 1. The molecule has 0 aliphatic carbocycles. The molecular weight excluding hydrogens is 384 g/mol. The molecule has 0 saturated carbocycles. The highest BCUT2D eigenvalue weighted by atomic mass is 79.9. The molecule has 130 valence electrons. The van der Waals surface area contributed by atoms with Crippen molar-refractivity contribution in [1.82, 2.24) is 5.32 Å². The van der Waals surface area contributed by atoms with Crippen LogP contribution in [-0.2, 0) is 4.79 Å². The molecule has 0 bridgehead atoms. The second-order valence-electron chi connectivity index (χ2n) is 5.79. The van der Waals surface area contributed by atoms with Crippen molar-refractivity contribution in [2.24, 2.45) is 0 Å². The van der Waals surface area contributed by atoms with Gasteiger partial charge in [-0.2, -0.15) is 0 Å². The van der Waals surface area contributed by atoms with E-state index in [0.29, 0.717) is 23.5 Å². The predicted molar refractivity (Wildman–Crippen MR) is 100.0 cm³/mol. The fraction of sp³-hybridized carbons (Fsp3) is 0.263. The molecule has 0 radical (unpaired) electrons. The molecule has 1 heterocycles. The maximum atomic E-state index is 13.0. The number of ether oxygens (including phenoxy) is 1. The first-order valence-electron chi connectivity index (χ1n) is 8.21. The lowest BCUT2D eigenvalue weighted by molar-refractivity contribution is -0.127. The molecule has 0 saturated heterocycles. The van der Waals surface area contributed by atoms with E-state index in [2.05, 4.69) is 21.2 Å². The second kappa shape index (κ2) is 7.70. The van der Waals surface area contributed by atoms with E-state index < -0.39 is 6.10 Å². The van der Waals surface area contributed by atoms with Gasteiger partial charge >= 0.3 is 0 Å². The Labute approximate surface area is 155 Å². The Balaban J connectivity index is 1.91. The van der Waals surface area contributed by atoms with Crippen molar-refractivity contribution in [3.05, 3.63) is 58.6 Å². The van der Waals surface area contributed by atoms with Crippen molar-refractivity contribution in [2.75, 3.05) is 18.0 Å². The number of rotatable bonds is 4. The summed E-state index contributed by atoms with van der Waals surface area (Å²) in [6.07, 6.45) is 0.119. The lowest BCUT2D eigenvalue weighted by Crippen LogP contribution is -2.50. The van der Waals surface area contributed by atoms with Crippen LogP contribution in [0.2, 0.25) is 0 Å². The summed E-state index contributed by atoms with van der Waals surface area (Å²) in [6, 6.07) is 14.5. The van der Waals surface area contributed by atoms with Crippen LogP contribution in [0.4, 0.5) is 5.69 Å². The first-order valence-corrected chi connectivity index (χ1v) is 9.00. The van der Waals surface area contributed by atoms with E-state index in [0.717, 1.165) is 10.9 Å². The Morgan fingerprint density at radius 2 is 2.04 bits per heavy atom. The van der Waals surface area contributed by atoms with E-state index in [9.17, 15) is 9.59 Å². The number of carbonyl (C=O) groups is 2. The summed E-state index contributed by atoms with van der Waals surface area (Å²) in [7, 11) is 0. The maximum Gasteiger partial charge on any atom is 0.262 e. The average Bonchev–Trinajstić information content (AvgIpc) is 2.64. The van der Waals surface area contributed by atoms with Crippen LogP contribution in [0.1, 0.15) is 23.7 Å². The second-order valence-corrected chi connectivity index (χ2v) is 6.71. The monoisotopic (exact) mass is 402 g/mol. The van der Waals surface area contributed by atoms with E-state index in [1.165, 1.54) is 0 Å². The van der Waals surface area contributed by atoms with Gasteiger partial charge in [-0.05, 0) is 36.8 Å². The first kappa shape index (κ1) is 17.5. The smallest absolute Gasteiger partial charge is 0.262 e. The van der Waals surface area contributed by atoms with E-state index in [1.54, 1.807) is 23.1 Å². The normalized spacial score (nSPS) is 15.9. The fourth-order valence-corrected chi connectivity index (χ4v) is 3.10.